The fourth-order valence-corrected chi connectivity index (χ4v) is 1.56. The first-order valence-electron chi connectivity index (χ1n) is 4.77. The van der Waals surface area contributed by atoms with Crippen molar-refractivity contribution in [2.45, 2.75) is 25.5 Å². The van der Waals surface area contributed by atoms with E-state index >= 15 is 0 Å². The molecule has 0 amide bonds. The van der Waals surface area contributed by atoms with E-state index in [1.807, 2.05) is 4.90 Å². The zero-order chi connectivity index (χ0) is 10.1. The first-order valence-corrected chi connectivity index (χ1v) is 4.77. The van der Waals surface area contributed by atoms with Crippen LogP contribution in [0, 0.1) is 0 Å². The molecule has 0 bridgehead atoms. The molecule has 2 unspecified atom stereocenters. The molecule has 2 heterocycles. The lowest BCUT2D eigenvalue weighted by molar-refractivity contribution is 0.189. The molecule has 6 nitrogen and oxygen atoms in total. The molecule has 1 aromatic rings. The summed E-state index contributed by atoms with van der Waals surface area (Å²) in [6.07, 6.45) is 0.367. The van der Waals surface area contributed by atoms with Gasteiger partial charge < -0.3 is 15.7 Å². The third-order valence-corrected chi connectivity index (χ3v) is 2.39. The summed E-state index contributed by atoms with van der Waals surface area (Å²) in [5, 5.41) is 16.0. The summed E-state index contributed by atoms with van der Waals surface area (Å²) in [4.78, 5) is 6.20. The monoisotopic (exact) mass is 197 g/mol. The van der Waals surface area contributed by atoms with Gasteiger partial charge in [0.1, 0.15) is 6.10 Å². The molecule has 1 aliphatic rings. The maximum absolute atomic E-state index is 9.25. The third-order valence-electron chi connectivity index (χ3n) is 2.39. The summed E-state index contributed by atoms with van der Waals surface area (Å²) in [5.41, 5.74) is 5.77. The molecular formula is C8H15N5O. The summed E-state index contributed by atoms with van der Waals surface area (Å²) >= 11 is 0. The second-order valence-corrected chi connectivity index (χ2v) is 3.69. The van der Waals surface area contributed by atoms with E-state index in [0.717, 1.165) is 19.5 Å². The first-order chi connectivity index (χ1) is 6.66. The van der Waals surface area contributed by atoms with Crippen molar-refractivity contribution >= 4 is 5.95 Å². The van der Waals surface area contributed by atoms with Crippen LogP contribution < -0.4 is 10.6 Å². The minimum absolute atomic E-state index is 0.212. The molecule has 1 saturated heterocycles. The number of nitrogens with zero attached hydrogens (tertiary/aromatic N) is 3. The van der Waals surface area contributed by atoms with Gasteiger partial charge in [0, 0.05) is 19.1 Å². The number of hydrogen-bond acceptors (Lipinski definition) is 5. The smallest absolute Gasteiger partial charge is 0.244 e. The Hall–Kier alpha value is -1.14. The molecule has 1 aliphatic heterocycles. The summed E-state index contributed by atoms with van der Waals surface area (Å²) < 4.78 is 0. The molecule has 78 valence electrons. The highest BCUT2D eigenvalue weighted by molar-refractivity contribution is 5.31. The SMILES string of the molecule is CC(O)c1nc(N2CCC(N)C2)n[nH]1. The Morgan fingerprint density at radius 3 is 3.00 bits per heavy atom. The van der Waals surface area contributed by atoms with Crippen LogP contribution in [-0.4, -0.2) is 39.4 Å². The third kappa shape index (κ3) is 1.71. The van der Waals surface area contributed by atoms with E-state index in [-0.39, 0.29) is 6.04 Å². The van der Waals surface area contributed by atoms with Crippen molar-refractivity contribution in [3.63, 3.8) is 0 Å². The predicted octanol–water partition coefficient (Wildman–Crippen LogP) is -0.605. The number of aromatic nitrogens is 3. The maximum atomic E-state index is 9.25. The lowest BCUT2D eigenvalue weighted by Crippen LogP contribution is -2.27. The molecule has 6 heteroatoms. The molecular weight excluding hydrogens is 182 g/mol. The van der Waals surface area contributed by atoms with Crippen LogP contribution >= 0.6 is 0 Å². The number of nitrogens with one attached hydrogen (secondary N) is 1. The Bertz CT molecular complexity index is 310. The van der Waals surface area contributed by atoms with Gasteiger partial charge >= 0.3 is 0 Å². The molecule has 0 aliphatic carbocycles. The van der Waals surface area contributed by atoms with Crippen molar-refractivity contribution in [2.75, 3.05) is 18.0 Å². The Morgan fingerprint density at radius 2 is 2.50 bits per heavy atom. The van der Waals surface area contributed by atoms with Crippen molar-refractivity contribution in [2.24, 2.45) is 5.73 Å². The van der Waals surface area contributed by atoms with Gasteiger partial charge in [-0.15, -0.1) is 5.10 Å². The summed E-state index contributed by atoms with van der Waals surface area (Å²) in [6, 6.07) is 0.212. The molecule has 0 aromatic carbocycles. The van der Waals surface area contributed by atoms with E-state index in [9.17, 15) is 5.11 Å². The zero-order valence-electron chi connectivity index (χ0n) is 8.14. The van der Waals surface area contributed by atoms with Crippen LogP contribution in [0.25, 0.3) is 0 Å². The van der Waals surface area contributed by atoms with Gasteiger partial charge in [-0.25, -0.2) is 0 Å². The maximum Gasteiger partial charge on any atom is 0.244 e. The van der Waals surface area contributed by atoms with Gasteiger partial charge in [0.15, 0.2) is 5.82 Å². The van der Waals surface area contributed by atoms with Crippen molar-refractivity contribution in [1.29, 1.82) is 0 Å². The van der Waals surface area contributed by atoms with E-state index < -0.39 is 6.10 Å². The highest BCUT2D eigenvalue weighted by Crippen LogP contribution is 2.16. The number of H-pyrrole nitrogens is 1. The van der Waals surface area contributed by atoms with E-state index in [4.69, 9.17) is 5.73 Å². The van der Waals surface area contributed by atoms with Crippen LogP contribution in [0.4, 0.5) is 5.95 Å². The van der Waals surface area contributed by atoms with Gasteiger partial charge in [-0.1, -0.05) is 0 Å². The largest absolute Gasteiger partial charge is 0.385 e. The van der Waals surface area contributed by atoms with E-state index in [0.29, 0.717) is 11.8 Å². The predicted molar refractivity (Wildman–Crippen MR) is 51.8 cm³/mol. The van der Waals surface area contributed by atoms with Crippen LogP contribution in [-0.2, 0) is 0 Å². The number of anilines is 1. The second-order valence-electron chi connectivity index (χ2n) is 3.69. The molecule has 2 atom stereocenters. The van der Waals surface area contributed by atoms with Crippen molar-refractivity contribution in [1.82, 2.24) is 15.2 Å². The highest BCUT2D eigenvalue weighted by atomic mass is 16.3. The van der Waals surface area contributed by atoms with Gasteiger partial charge in [-0.05, 0) is 13.3 Å². The molecule has 0 radical (unpaired) electrons. The molecule has 14 heavy (non-hydrogen) atoms. The Labute approximate surface area is 82.1 Å². The topological polar surface area (TPSA) is 91.1 Å². The van der Waals surface area contributed by atoms with Crippen molar-refractivity contribution in [3.8, 4) is 0 Å². The van der Waals surface area contributed by atoms with E-state index in [2.05, 4.69) is 15.2 Å². The summed E-state index contributed by atoms with van der Waals surface area (Å²) in [7, 11) is 0. The van der Waals surface area contributed by atoms with Gasteiger partial charge in [-0.3, -0.25) is 5.10 Å². The first kappa shape index (κ1) is 9.42. The molecule has 0 spiro atoms. The van der Waals surface area contributed by atoms with Crippen LogP contribution in [0.15, 0.2) is 0 Å². The molecule has 1 aromatic heterocycles. The number of rotatable bonds is 2. The fraction of sp³-hybridized carbons (Fsp3) is 0.750. The minimum atomic E-state index is -0.604. The Morgan fingerprint density at radius 1 is 1.71 bits per heavy atom. The number of aliphatic hydroxyl groups excluding tert-OH is 1. The number of nitrogens with two attached hydrogens (primary N) is 1. The highest BCUT2D eigenvalue weighted by Gasteiger charge is 2.22. The van der Waals surface area contributed by atoms with Gasteiger partial charge in [0.05, 0.1) is 0 Å². The standard InChI is InChI=1S/C8H15N5O/c1-5(14)7-10-8(12-11-7)13-3-2-6(9)4-13/h5-6,14H,2-4,9H2,1H3,(H,10,11,12). The molecule has 0 saturated carbocycles. The van der Waals surface area contributed by atoms with E-state index in [1.54, 1.807) is 6.92 Å². The van der Waals surface area contributed by atoms with Gasteiger partial charge in [-0.2, -0.15) is 4.98 Å². The van der Waals surface area contributed by atoms with Crippen LogP contribution in [0.2, 0.25) is 0 Å². The molecule has 4 N–H and O–H groups in total. The minimum Gasteiger partial charge on any atom is -0.385 e. The van der Waals surface area contributed by atoms with Crippen LogP contribution in [0.5, 0.6) is 0 Å². The van der Waals surface area contributed by atoms with Crippen molar-refractivity contribution in [3.05, 3.63) is 5.82 Å². The Kier molecular flexibility index (Phi) is 2.39. The molecule has 2 rings (SSSR count). The molecule has 1 fully saturated rings. The van der Waals surface area contributed by atoms with Crippen LogP contribution in [0.1, 0.15) is 25.3 Å². The number of aliphatic hydroxyl groups is 1. The average molecular weight is 197 g/mol. The lowest BCUT2D eigenvalue weighted by atomic mass is 10.3. The quantitative estimate of drug-likeness (QED) is 0.588. The van der Waals surface area contributed by atoms with Gasteiger partial charge in [0.2, 0.25) is 5.95 Å². The summed E-state index contributed by atoms with van der Waals surface area (Å²) in [6.45, 7) is 3.33. The number of hydrogen-bond donors (Lipinski definition) is 3. The summed E-state index contributed by atoms with van der Waals surface area (Å²) in [5.74, 6) is 1.13. The number of aromatic amines is 1. The van der Waals surface area contributed by atoms with Crippen molar-refractivity contribution < 1.29 is 5.11 Å². The van der Waals surface area contributed by atoms with Crippen LogP contribution in [0.3, 0.4) is 0 Å². The second kappa shape index (κ2) is 3.55. The fourth-order valence-electron chi connectivity index (χ4n) is 1.56. The lowest BCUT2D eigenvalue weighted by Gasteiger charge is -2.11. The van der Waals surface area contributed by atoms with Gasteiger partial charge in [0.25, 0.3) is 0 Å². The zero-order valence-corrected chi connectivity index (χ0v) is 8.14. The average Bonchev–Trinajstić information content (AvgIpc) is 2.70. The normalized spacial score (nSPS) is 24.2. The van der Waals surface area contributed by atoms with E-state index in [1.165, 1.54) is 0 Å². The Balaban J connectivity index is 2.09.